The fourth-order valence-corrected chi connectivity index (χ4v) is 12.2. The molecule has 550 valence electrons. The third-order valence-electron chi connectivity index (χ3n) is 18.2. The molecule has 0 bridgehead atoms. The van der Waals surface area contributed by atoms with Crippen LogP contribution >= 0.6 is 0 Å². The fraction of sp³-hybridized carbons (Fsp3) is 0.803. The van der Waals surface area contributed by atoms with Gasteiger partial charge in [-0.15, -0.1) is 0 Å². The number of amides is 1. The van der Waals surface area contributed by atoms with Crippen molar-refractivity contribution in [3.63, 3.8) is 0 Å². The van der Waals surface area contributed by atoms with Crippen molar-refractivity contribution in [1.29, 1.82) is 0 Å². The summed E-state index contributed by atoms with van der Waals surface area (Å²) >= 11 is 0. The van der Waals surface area contributed by atoms with E-state index in [2.05, 4.69) is 92.1 Å². The molecule has 0 saturated carbocycles. The summed E-state index contributed by atoms with van der Waals surface area (Å²) in [6.07, 6.45) is 47.0. The van der Waals surface area contributed by atoms with Crippen molar-refractivity contribution in [3.8, 4) is 0 Å². The van der Waals surface area contributed by atoms with Crippen molar-refractivity contribution in [2.75, 3.05) is 26.4 Å². The molecule has 0 aromatic rings. The number of nitrogens with one attached hydrogen (secondary N) is 1. The normalized spacial score (nSPS) is 27.7. The average Bonchev–Trinajstić information content (AvgIpc) is 0.787. The van der Waals surface area contributed by atoms with E-state index in [4.69, 9.17) is 28.4 Å². The second-order valence-electron chi connectivity index (χ2n) is 26.4. The van der Waals surface area contributed by atoms with E-state index in [-0.39, 0.29) is 18.9 Å². The minimum absolute atomic E-state index is 0.218. The maximum atomic E-state index is 13.4. The highest BCUT2D eigenvalue weighted by atomic mass is 16.8. The first-order chi connectivity index (χ1) is 46.3. The predicted octanol–water partition coefficient (Wildman–Crippen LogP) is 11.1. The minimum atomic E-state index is -1.99. The summed E-state index contributed by atoms with van der Waals surface area (Å²) in [6.45, 7) is 1.61. The number of ether oxygens (including phenoxy) is 6. The summed E-state index contributed by atoms with van der Waals surface area (Å²) in [5.74, 6) is -0.298. The zero-order valence-corrected chi connectivity index (χ0v) is 58.4. The van der Waals surface area contributed by atoms with Crippen LogP contribution in [-0.4, -0.2) is 193 Å². The first-order valence-corrected chi connectivity index (χ1v) is 37.3. The Kier molecular flexibility index (Phi) is 51.4. The summed E-state index contributed by atoms with van der Waals surface area (Å²) in [5, 5.41) is 121. The number of allylic oxidation sites excluding steroid dienone is 13. The Morgan fingerprint density at radius 1 is 0.389 bits per heavy atom. The highest BCUT2D eigenvalue weighted by Crippen LogP contribution is 2.33. The molecule has 3 aliphatic rings. The van der Waals surface area contributed by atoms with Crippen LogP contribution in [0, 0.1) is 0 Å². The summed E-state index contributed by atoms with van der Waals surface area (Å²) in [5.41, 5.74) is 0. The van der Waals surface area contributed by atoms with E-state index in [1.54, 1.807) is 6.08 Å². The lowest BCUT2D eigenvalue weighted by Gasteiger charge is -2.48. The van der Waals surface area contributed by atoms with E-state index in [1.807, 2.05) is 6.08 Å². The van der Waals surface area contributed by atoms with Crippen LogP contribution in [0.2, 0.25) is 0 Å². The van der Waals surface area contributed by atoms with Crippen molar-refractivity contribution >= 4 is 5.91 Å². The maximum Gasteiger partial charge on any atom is 0.220 e. The van der Waals surface area contributed by atoms with Crippen molar-refractivity contribution in [1.82, 2.24) is 5.32 Å². The largest absolute Gasteiger partial charge is 0.394 e. The van der Waals surface area contributed by atoms with Crippen LogP contribution in [0.3, 0.4) is 0 Å². The van der Waals surface area contributed by atoms with Gasteiger partial charge in [0.25, 0.3) is 0 Å². The van der Waals surface area contributed by atoms with Gasteiger partial charge >= 0.3 is 0 Å². The number of hydrogen-bond acceptors (Lipinski definition) is 18. The summed E-state index contributed by atoms with van der Waals surface area (Å²) in [4.78, 5) is 13.4. The first kappa shape index (κ1) is 86.2. The van der Waals surface area contributed by atoms with Crippen LogP contribution in [0.4, 0.5) is 0 Å². The second-order valence-corrected chi connectivity index (χ2v) is 26.4. The third kappa shape index (κ3) is 37.8. The molecule has 0 aromatic heterocycles. The number of unbranched alkanes of at least 4 members (excludes halogenated alkanes) is 29. The predicted molar refractivity (Wildman–Crippen MR) is 374 cm³/mol. The molecule has 0 spiro atoms. The maximum absolute atomic E-state index is 13.4. The number of carbonyl (C=O) groups excluding carboxylic acids is 1. The number of aliphatic hydroxyl groups excluding tert-OH is 11. The molecule has 17 atom stereocenters. The van der Waals surface area contributed by atoms with Gasteiger partial charge in [0.15, 0.2) is 18.9 Å². The van der Waals surface area contributed by atoms with E-state index in [1.165, 1.54) is 128 Å². The molecule has 0 aromatic carbocycles. The Hall–Kier alpha value is -3.03. The van der Waals surface area contributed by atoms with Gasteiger partial charge in [-0.2, -0.15) is 0 Å². The van der Waals surface area contributed by atoms with Crippen molar-refractivity contribution in [2.24, 2.45) is 0 Å². The van der Waals surface area contributed by atoms with Crippen molar-refractivity contribution < 1.29 is 89.4 Å². The van der Waals surface area contributed by atoms with E-state index < -0.39 is 124 Å². The third-order valence-corrected chi connectivity index (χ3v) is 18.2. The molecule has 3 fully saturated rings. The lowest BCUT2D eigenvalue weighted by molar-refractivity contribution is -0.379. The van der Waals surface area contributed by atoms with Crippen LogP contribution in [-0.2, 0) is 33.2 Å². The standard InChI is InChI=1S/C76H133NO18/c1-3-5-7-9-11-13-15-17-19-21-23-25-27-28-29-30-32-33-35-37-39-41-43-45-47-49-51-53-60(81)59(77-64(82)54-52-50-48-46-44-42-40-38-36-34-31-26-24-22-20-18-16-14-12-10-8-6-4-2)58-90-74-70(88)67(85)72(62(56-79)92-74)95-76-71(89)68(86)73(63(57-80)93-76)94-75-69(87)66(84)65(83)61(55-78)91-75/h6,8,12,14,18,20,24,26,34,36,43,45,51,53,59-63,65-76,78-81,83-89H,3-5,7,9-11,13,15-17,19,21-23,25,27-33,35,37-42,44,46-50,52,54-58H2,1-2H3,(H,77,82)/b8-6-,14-12-,20-18-,26-24-,36-34-,45-43+,53-51+. The minimum Gasteiger partial charge on any atom is -0.394 e. The Labute approximate surface area is 571 Å². The topological polar surface area (TPSA) is 307 Å². The molecule has 0 aliphatic carbocycles. The van der Waals surface area contributed by atoms with E-state index in [9.17, 15) is 61.0 Å². The molecule has 3 aliphatic heterocycles. The molecule has 95 heavy (non-hydrogen) atoms. The van der Waals surface area contributed by atoms with Gasteiger partial charge in [-0.1, -0.05) is 259 Å². The van der Waals surface area contributed by atoms with Gasteiger partial charge in [-0.25, -0.2) is 0 Å². The Balaban J connectivity index is 1.43. The summed E-state index contributed by atoms with van der Waals surface area (Å²) < 4.78 is 34.4. The zero-order chi connectivity index (χ0) is 68.9. The first-order valence-electron chi connectivity index (χ1n) is 37.3. The van der Waals surface area contributed by atoms with Crippen LogP contribution in [0.25, 0.3) is 0 Å². The quantitative estimate of drug-likeness (QED) is 0.0199. The highest BCUT2D eigenvalue weighted by Gasteiger charge is 2.53. The fourth-order valence-electron chi connectivity index (χ4n) is 12.2. The molecule has 19 heteroatoms. The molecule has 1 amide bonds. The van der Waals surface area contributed by atoms with Crippen LogP contribution in [0.1, 0.15) is 258 Å². The zero-order valence-electron chi connectivity index (χ0n) is 58.4. The van der Waals surface area contributed by atoms with E-state index in [0.717, 1.165) is 96.3 Å². The van der Waals surface area contributed by atoms with Crippen molar-refractivity contribution in [2.45, 2.75) is 362 Å². The highest BCUT2D eigenvalue weighted by molar-refractivity contribution is 5.76. The molecule has 19 nitrogen and oxygen atoms in total. The molecular weight excluding hydrogens is 1210 g/mol. The van der Waals surface area contributed by atoms with Crippen LogP contribution < -0.4 is 5.32 Å². The van der Waals surface area contributed by atoms with E-state index in [0.29, 0.717) is 12.8 Å². The molecule has 0 radical (unpaired) electrons. The van der Waals surface area contributed by atoms with Crippen LogP contribution in [0.5, 0.6) is 0 Å². The number of aliphatic hydroxyl groups is 11. The molecule has 12 N–H and O–H groups in total. The molecule has 3 saturated heterocycles. The lowest BCUT2D eigenvalue weighted by Crippen LogP contribution is -2.66. The summed E-state index contributed by atoms with van der Waals surface area (Å²) in [7, 11) is 0. The number of carbonyl (C=O) groups is 1. The molecular formula is C76H133NO18. The van der Waals surface area contributed by atoms with Gasteiger partial charge in [0.1, 0.15) is 73.2 Å². The summed E-state index contributed by atoms with van der Waals surface area (Å²) in [6, 6.07) is -1.00. The van der Waals surface area contributed by atoms with Gasteiger partial charge in [0.05, 0.1) is 38.6 Å². The van der Waals surface area contributed by atoms with Gasteiger partial charge in [0, 0.05) is 6.42 Å². The van der Waals surface area contributed by atoms with Crippen molar-refractivity contribution in [3.05, 3.63) is 85.1 Å². The Morgan fingerprint density at radius 2 is 0.737 bits per heavy atom. The van der Waals surface area contributed by atoms with Gasteiger partial charge in [0.2, 0.25) is 5.91 Å². The smallest absolute Gasteiger partial charge is 0.220 e. The van der Waals surface area contributed by atoms with Gasteiger partial charge in [-0.3, -0.25) is 4.79 Å². The van der Waals surface area contributed by atoms with E-state index >= 15 is 0 Å². The second kappa shape index (κ2) is 56.7. The van der Waals surface area contributed by atoms with Gasteiger partial charge in [-0.05, 0) is 77.0 Å². The Morgan fingerprint density at radius 3 is 1.18 bits per heavy atom. The lowest BCUT2D eigenvalue weighted by atomic mass is 9.96. The molecule has 3 rings (SSSR count). The van der Waals surface area contributed by atoms with Crippen LogP contribution in [0.15, 0.2) is 85.1 Å². The average molecular weight is 1350 g/mol. The Bertz CT molecular complexity index is 2050. The SMILES string of the molecule is CC/C=C\C/C=C\C/C=C\C/C=C\C/C=C\CCCCCCCCCC(=O)NC(COC1OC(CO)C(OC2OC(CO)C(OC3OC(CO)C(O)C(O)C3O)C(O)C2O)C(O)C1O)C(O)/C=C/CC/C=C/CCCCCCCCCCCCCCCCCCCCCCC. The molecule has 17 unspecified atom stereocenters. The number of hydrogen-bond donors (Lipinski definition) is 12. The number of rotatable bonds is 57. The van der Waals surface area contributed by atoms with Gasteiger partial charge < -0.3 is 89.9 Å². The molecule has 3 heterocycles. The monoisotopic (exact) mass is 1350 g/mol.